The molecule has 1 aromatic heterocycles. The van der Waals surface area contributed by atoms with E-state index in [0.717, 1.165) is 46.2 Å². The number of benzene rings is 3. The van der Waals surface area contributed by atoms with Gasteiger partial charge in [-0.2, -0.15) is 5.10 Å². The van der Waals surface area contributed by atoms with E-state index in [-0.39, 0.29) is 11.9 Å². The number of hydrogen-bond donors (Lipinski definition) is 4. The highest BCUT2D eigenvalue weighted by Crippen LogP contribution is 2.31. The minimum Gasteiger partial charge on any atom is -0.326 e. The van der Waals surface area contributed by atoms with Crippen molar-refractivity contribution in [3.8, 4) is 5.69 Å². The minimum atomic E-state index is -0.219. The maximum atomic E-state index is 13.4. The van der Waals surface area contributed by atoms with Crippen LogP contribution >= 0.6 is 0 Å². The Morgan fingerprint density at radius 1 is 0.946 bits per heavy atom. The summed E-state index contributed by atoms with van der Waals surface area (Å²) in [4.78, 5) is 13.4. The standard InChI is InChI=1S/C30H34N6O/c1-20-13-28(36(35-20)27-10-3-6-23(15-27)18-32)30(37)34-26-9-4-8-25(16-26)29(33-19-21-11-12-21)24-7-2-5-22(14-24)17-31/h2-10,13-16,21,29,33H,11-12,17-19,31-32H2,1H3,(H,34,37). The van der Waals surface area contributed by atoms with Crippen molar-refractivity contribution in [2.24, 2.45) is 17.4 Å². The molecule has 1 aliphatic carbocycles. The number of nitrogens with two attached hydrogens (primary N) is 2. The molecule has 1 amide bonds. The molecule has 0 aliphatic heterocycles. The number of amides is 1. The van der Waals surface area contributed by atoms with Gasteiger partial charge in [-0.3, -0.25) is 4.79 Å². The van der Waals surface area contributed by atoms with Gasteiger partial charge >= 0.3 is 0 Å². The molecule has 5 rings (SSSR count). The zero-order valence-electron chi connectivity index (χ0n) is 21.2. The molecule has 0 spiro atoms. The molecule has 0 saturated heterocycles. The Hall–Kier alpha value is -3.78. The monoisotopic (exact) mass is 494 g/mol. The topological polar surface area (TPSA) is 111 Å². The maximum Gasteiger partial charge on any atom is 0.274 e. The number of nitrogens with zero attached hydrogens (tertiary/aromatic N) is 2. The number of aromatic nitrogens is 2. The first kappa shape index (κ1) is 24.9. The lowest BCUT2D eigenvalue weighted by Crippen LogP contribution is -2.25. The average Bonchev–Trinajstić information content (AvgIpc) is 3.67. The molecule has 1 saturated carbocycles. The number of nitrogens with one attached hydrogen (secondary N) is 2. The summed E-state index contributed by atoms with van der Waals surface area (Å²) >= 11 is 0. The Kier molecular flexibility index (Phi) is 7.46. The largest absolute Gasteiger partial charge is 0.326 e. The Balaban J connectivity index is 1.41. The Bertz CT molecular complexity index is 1390. The van der Waals surface area contributed by atoms with Crippen LogP contribution in [0.15, 0.2) is 78.9 Å². The van der Waals surface area contributed by atoms with Gasteiger partial charge in [-0.1, -0.05) is 48.5 Å². The van der Waals surface area contributed by atoms with Crippen LogP contribution in [-0.2, 0) is 13.1 Å². The van der Waals surface area contributed by atoms with Crippen molar-refractivity contribution >= 4 is 11.6 Å². The molecule has 4 aromatic rings. The Morgan fingerprint density at radius 3 is 2.35 bits per heavy atom. The van der Waals surface area contributed by atoms with Crippen molar-refractivity contribution in [3.63, 3.8) is 0 Å². The Morgan fingerprint density at radius 2 is 1.62 bits per heavy atom. The third kappa shape index (κ3) is 5.97. The summed E-state index contributed by atoms with van der Waals surface area (Å²) in [5, 5.41) is 11.4. The van der Waals surface area contributed by atoms with Crippen LogP contribution in [0.2, 0.25) is 0 Å². The highest BCUT2D eigenvalue weighted by Gasteiger charge is 2.24. The molecule has 3 aromatic carbocycles. The highest BCUT2D eigenvalue weighted by molar-refractivity contribution is 6.03. The Labute approximate surface area is 217 Å². The van der Waals surface area contributed by atoms with Gasteiger partial charge in [0, 0.05) is 18.8 Å². The maximum absolute atomic E-state index is 13.4. The molecular formula is C30H34N6O. The van der Waals surface area contributed by atoms with Gasteiger partial charge in [-0.25, -0.2) is 4.68 Å². The quantitative estimate of drug-likeness (QED) is 0.260. The SMILES string of the molecule is Cc1cc(C(=O)Nc2cccc(C(NCC3CC3)c3cccc(CN)c3)c2)n(-c2cccc(CN)c2)n1. The lowest BCUT2D eigenvalue weighted by molar-refractivity contribution is 0.101. The van der Waals surface area contributed by atoms with E-state index in [4.69, 9.17) is 11.5 Å². The third-order valence-corrected chi connectivity index (χ3v) is 6.76. The van der Waals surface area contributed by atoms with Crippen molar-refractivity contribution in [2.45, 2.75) is 38.9 Å². The molecule has 6 N–H and O–H groups in total. The molecule has 1 atom stereocenters. The second-order valence-corrected chi connectivity index (χ2v) is 9.77. The summed E-state index contributed by atoms with van der Waals surface area (Å²) in [5.41, 5.74) is 18.8. The highest BCUT2D eigenvalue weighted by atomic mass is 16.2. The predicted molar refractivity (Wildman–Crippen MR) is 147 cm³/mol. The normalized spacial score (nSPS) is 13.9. The zero-order chi connectivity index (χ0) is 25.8. The van der Waals surface area contributed by atoms with Crippen LogP contribution in [0.1, 0.15) is 57.3 Å². The van der Waals surface area contributed by atoms with Crippen LogP contribution in [-0.4, -0.2) is 22.2 Å². The van der Waals surface area contributed by atoms with Crippen molar-refractivity contribution in [3.05, 3.63) is 113 Å². The number of anilines is 1. The van der Waals surface area contributed by atoms with Crippen LogP contribution in [0.3, 0.4) is 0 Å². The van der Waals surface area contributed by atoms with Gasteiger partial charge in [0.1, 0.15) is 5.69 Å². The van der Waals surface area contributed by atoms with Crippen molar-refractivity contribution in [1.29, 1.82) is 0 Å². The molecule has 1 aliphatic rings. The van der Waals surface area contributed by atoms with Crippen LogP contribution in [0.25, 0.3) is 5.69 Å². The first-order valence-electron chi connectivity index (χ1n) is 12.8. The second-order valence-electron chi connectivity index (χ2n) is 9.77. The number of carbonyl (C=O) groups excluding carboxylic acids is 1. The van der Waals surface area contributed by atoms with Gasteiger partial charge in [0.05, 0.1) is 17.4 Å². The van der Waals surface area contributed by atoms with E-state index in [2.05, 4.69) is 40.0 Å². The fourth-order valence-electron chi connectivity index (χ4n) is 4.60. The third-order valence-electron chi connectivity index (χ3n) is 6.76. The van der Waals surface area contributed by atoms with Crippen LogP contribution < -0.4 is 22.1 Å². The number of rotatable bonds is 10. The summed E-state index contributed by atoms with van der Waals surface area (Å²) in [5.74, 6) is 0.521. The van der Waals surface area contributed by atoms with Crippen LogP contribution in [0, 0.1) is 12.8 Å². The van der Waals surface area contributed by atoms with Crippen molar-refractivity contribution in [1.82, 2.24) is 15.1 Å². The number of carbonyl (C=O) groups is 1. The number of hydrogen-bond acceptors (Lipinski definition) is 5. The fourth-order valence-corrected chi connectivity index (χ4v) is 4.60. The number of aryl methyl sites for hydroxylation is 1. The summed E-state index contributed by atoms with van der Waals surface area (Å²) < 4.78 is 1.67. The lowest BCUT2D eigenvalue weighted by atomic mass is 9.96. The summed E-state index contributed by atoms with van der Waals surface area (Å²) in [6, 6.07) is 26.0. The first-order chi connectivity index (χ1) is 18.0. The molecule has 37 heavy (non-hydrogen) atoms. The van der Waals surface area contributed by atoms with E-state index >= 15 is 0 Å². The van der Waals surface area contributed by atoms with E-state index in [9.17, 15) is 4.79 Å². The van der Waals surface area contributed by atoms with Crippen molar-refractivity contribution in [2.75, 3.05) is 11.9 Å². The average molecular weight is 495 g/mol. The van der Waals surface area contributed by atoms with Gasteiger partial charge in [0.25, 0.3) is 5.91 Å². The van der Waals surface area contributed by atoms with Gasteiger partial charge < -0.3 is 22.1 Å². The van der Waals surface area contributed by atoms with E-state index in [1.165, 1.54) is 18.4 Å². The van der Waals surface area contributed by atoms with Gasteiger partial charge in [-0.05, 0) is 84.8 Å². The molecular weight excluding hydrogens is 460 g/mol. The summed E-state index contributed by atoms with van der Waals surface area (Å²) in [6.07, 6.45) is 2.56. The predicted octanol–water partition coefficient (Wildman–Crippen LogP) is 4.44. The van der Waals surface area contributed by atoms with Gasteiger partial charge in [0.2, 0.25) is 0 Å². The zero-order valence-corrected chi connectivity index (χ0v) is 21.2. The molecule has 0 bridgehead atoms. The van der Waals surface area contributed by atoms with Gasteiger partial charge in [-0.15, -0.1) is 0 Å². The molecule has 1 heterocycles. The molecule has 7 nitrogen and oxygen atoms in total. The second kappa shape index (κ2) is 11.1. The summed E-state index contributed by atoms with van der Waals surface area (Å²) in [6.45, 7) is 3.77. The van der Waals surface area contributed by atoms with Crippen LogP contribution in [0.4, 0.5) is 5.69 Å². The molecule has 1 unspecified atom stereocenters. The molecule has 7 heteroatoms. The molecule has 1 fully saturated rings. The smallest absolute Gasteiger partial charge is 0.274 e. The van der Waals surface area contributed by atoms with E-state index in [0.29, 0.717) is 18.8 Å². The van der Waals surface area contributed by atoms with E-state index in [1.54, 1.807) is 10.7 Å². The molecule has 190 valence electrons. The fraction of sp³-hybridized carbons (Fsp3) is 0.267. The summed E-state index contributed by atoms with van der Waals surface area (Å²) in [7, 11) is 0. The minimum absolute atomic E-state index is 0.00993. The van der Waals surface area contributed by atoms with Crippen LogP contribution in [0.5, 0.6) is 0 Å². The van der Waals surface area contributed by atoms with E-state index in [1.807, 2.05) is 55.5 Å². The molecule has 0 radical (unpaired) electrons. The first-order valence-corrected chi connectivity index (χ1v) is 12.8. The van der Waals surface area contributed by atoms with Crippen molar-refractivity contribution < 1.29 is 4.79 Å². The lowest BCUT2D eigenvalue weighted by Gasteiger charge is -2.21. The van der Waals surface area contributed by atoms with Gasteiger partial charge in [0.15, 0.2) is 0 Å². The van der Waals surface area contributed by atoms with E-state index < -0.39 is 0 Å².